The summed E-state index contributed by atoms with van der Waals surface area (Å²) in [5, 5.41) is 21.9. The van der Waals surface area contributed by atoms with E-state index in [4.69, 9.17) is 34.8 Å². The lowest BCUT2D eigenvalue weighted by Crippen LogP contribution is -2.15. The van der Waals surface area contributed by atoms with Gasteiger partial charge < -0.3 is 0 Å². The highest BCUT2D eigenvalue weighted by molar-refractivity contribution is 6.31. The number of hydrogen-bond donors (Lipinski definition) is 0. The number of aromatic nitrogens is 8. The molecule has 6 rings (SSSR count). The summed E-state index contributed by atoms with van der Waals surface area (Å²) in [5.74, 6) is -1.34. The maximum Gasteiger partial charge on any atom is 0.419 e. The van der Waals surface area contributed by atoms with Crippen molar-refractivity contribution >= 4 is 34.8 Å². The summed E-state index contributed by atoms with van der Waals surface area (Å²) in [5.41, 5.74) is 5.58. The molecular formula is C37H35Cl3F4N8. The fraction of sp³-hybridized carbons (Fsp3) is 0.324. The highest BCUT2D eigenvalue weighted by Gasteiger charge is 2.33. The van der Waals surface area contributed by atoms with Crippen LogP contribution in [0.4, 0.5) is 17.6 Å². The molecule has 0 saturated heterocycles. The molecule has 0 aliphatic heterocycles. The Morgan fingerprint density at radius 3 is 1.88 bits per heavy atom. The standard InChI is InChI=1S/C37H35Cl3F4N8/c1-19(2)29-14-28(39)11-24(35(29)51-16-22(5)46-48-51)10-21(4)33-34(41)31(40)12-25(36(33)52-17-23(6)47-49-52)9-20(3)30-13-27(38)7-8-32(30)50-18-26(15-45-50)37(42,43)44/h7-8,11-21H,9-10H2,1-6H3. The number of alkyl halides is 3. The molecule has 52 heavy (non-hydrogen) atoms. The average molecular weight is 774 g/mol. The number of halogens is 7. The molecule has 6 aromatic rings. The first-order chi connectivity index (χ1) is 24.5. The second-order valence-corrected chi connectivity index (χ2v) is 14.7. The van der Waals surface area contributed by atoms with Crippen LogP contribution in [0.1, 0.15) is 90.2 Å². The molecule has 0 aliphatic carbocycles. The highest BCUT2D eigenvalue weighted by Crippen LogP contribution is 2.40. The molecule has 8 nitrogen and oxygen atoms in total. The number of nitrogens with zero attached hydrogens (tertiary/aromatic N) is 8. The van der Waals surface area contributed by atoms with Crippen molar-refractivity contribution in [1.29, 1.82) is 0 Å². The van der Waals surface area contributed by atoms with Gasteiger partial charge in [-0.3, -0.25) is 0 Å². The normalized spacial score (nSPS) is 13.3. The third kappa shape index (κ3) is 7.60. The van der Waals surface area contributed by atoms with Crippen LogP contribution in [0.2, 0.25) is 15.1 Å². The molecule has 3 aromatic carbocycles. The predicted molar refractivity (Wildman–Crippen MR) is 194 cm³/mol. The molecule has 0 N–H and O–H groups in total. The molecule has 3 heterocycles. The maximum absolute atomic E-state index is 16.5. The van der Waals surface area contributed by atoms with Crippen LogP contribution >= 0.6 is 34.8 Å². The second-order valence-electron chi connectivity index (χ2n) is 13.4. The molecule has 0 radical (unpaired) electrons. The molecule has 2 unspecified atom stereocenters. The molecular weight excluding hydrogens is 739 g/mol. The van der Waals surface area contributed by atoms with E-state index < -0.39 is 23.5 Å². The Hall–Kier alpha value is -4.26. The summed E-state index contributed by atoms with van der Waals surface area (Å²) >= 11 is 19.8. The summed E-state index contributed by atoms with van der Waals surface area (Å²) in [6.07, 6.45) is 1.33. The van der Waals surface area contributed by atoms with E-state index in [1.807, 2.05) is 39.1 Å². The molecule has 0 amide bonds. The van der Waals surface area contributed by atoms with Crippen LogP contribution in [0.25, 0.3) is 17.1 Å². The van der Waals surface area contributed by atoms with Gasteiger partial charge in [-0.1, -0.05) is 72.9 Å². The topological polar surface area (TPSA) is 79.2 Å². The molecule has 0 spiro atoms. The second kappa shape index (κ2) is 14.6. The van der Waals surface area contributed by atoms with Crippen molar-refractivity contribution in [3.05, 3.63) is 127 Å². The molecule has 0 aliphatic rings. The monoisotopic (exact) mass is 772 g/mol. The Bertz CT molecular complexity index is 2260. The van der Waals surface area contributed by atoms with E-state index in [0.29, 0.717) is 50.2 Å². The first-order valence-electron chi connectivity index (χ1n) is 16.5. The summed E-state index contributed by atoms with van der Waals surface area (Å²) < 4.78 is 61.4. The van der Waals surface area contributed by atoms with Crippen LogP contribution in [0, 0.1) is 19.7 Å². The van der Waals surface area contributed by atoms with Crippen molar-refractivity contribution in [2.24, 2.45) is 0 Å². The number of rotatable bonds is 10. The fourth-order valence-electron chi connectivity index (χ4n) is 6.63. The van der Waals surface area contributed by atoms with Gasteiger partial charge in [-0.2, -0.15) is 18.3 Å². The first kappa shape index (κ1) is 37.5. The summed E-state index contributed by atoms with van der Waals surface area (Å²) in [6, 6.07) is 10.3. The van der Waals surface area contributed by atoms with Gasteiger partial charge in [-0.15, -0.1) is 10.2 Å². The average Bonchev–Trinajstić information content (AvgIpc) is 3.83. The van der Waals surface area contributed by atoms with Crippen LogP contribution in [-0.2, 0) is 19.0 Å². The van der Waals surface area contributed by atoms with Crippen LogP contribution in [0.3, 0.4) is 0 Å². The molecule has 2 atom stereocenters. The molecule has 15 heteroatoms. The van der Waals surface area contributed by atoms with Crippen LogP contribution in [-0.4, -0.2) is 39.8 Å². The smallest absolute Gasteiger partial charge is 0.240 e. The zero-order valence-electron chi connectivity index (χ0n) is 29.1. The first-order valence-corrected chi connectivity index (χ1v) is 17.7. The van der Waals surface area contributed by atoms with E-state index in [9.17, 15) is 13.2 Å². The van der Waals surface area contributed by atoms with E-state index in [-0.39, 0.29) is 23.3 Å². The molecule has 0 saturated carbocycles. The van der Waals surface area contributed by atoms with Crippen LogP contribution in [0.5, 0.6) is 0 Å². The minimum Gasteiger partial charge on any atom is -0.240 e. The number of benzene rings is 3. The molecule has 0 fully saturated rings. The molecule has 0 bridgehead atoms. The van der Waals surface area contributed by atoms with Crippen molar-refractivity contribution in [3.8, 4) is 17.1 Å². The van der Waals surface area contributed by atoms with Gasteiger partial charge in [-0.25, -0.2) is 18.4 Å². The van der Waals surface area contributed by atoms with E-state index in [0.717, 1.165) is 34.9 Å². The van der Waals surface area contributed by atoms with Gasteiger partial charge in [0.15, 0.2) is 0 Å². The Morgan fingerprint density at radius 1 is 0.712 bits per heavy atom. The van der Waals surface area contributed by atoms with Crippen LogP contribution in [0.15, 0.2) is 61.2 Å². The SMILES string of the molecule is Cc1cn(-c2c(CC(C)c3c(F)c(Cl)cc(CC(C)c4cc(Cl)ccc4-n4cc(C(F)(F)F)cn4)c3-n3cc(C)nn3)cc(Cl)cc2C(C)C)nn1. The van der Waals surface area contributed by atoms with Crippen molar-refractivity contribution < 1.29 is 17.6 Å². The van der Waals surface area contributed by atoms with E-state index in [2.05, 4.69) is 39.6 Å². The lowest BCUT2D eigenvalue weighted by atomic mass is 9.85. The Labute approximate surface area is 313 Å². The minimum absolute atomic E-state index is 0.0843. The van der Waals surface area contributed by atoms with Gasteiger partial charge in [0.1, 0.15) is 5.82 Å². The largest absolute Gasteiger partial charge is 0.419 e. The van der Waals surface area contributed by atoms with Crippen molar-refractivity contribution in [2.75, 3.05) is 0 Å². The summed E-state index contributed by atoms with van der Waals surface area (Å²) in [6.45, 7) is 11.6. The van der Waals surface area contributed by atoms with Crippen LogP contribution < -0.4 is 0 Å². The lowest BCUT2D eigenvalue weighted by molar-refractivity contribution is -0.137. The van der Waals surface area contributed by atoms with Crippen molar-refractivity contribution in [1.82, 2.24) is 39.8 Å². The van der Waals surface area contributed by atoms with E-state index in [1.165, 1.54) is 4.68 Å². The minimum atomic E-state index is -4.56. The lowest BCUT2D eigenvalue weighted by Gasteiger charge is -2.25. The zero-order valence-corrected chi connectivity index (χ0v) is 31.4. The fourth-order valence-corrected chi connectivity index (χ4v) is 7.30. The third-order valence-electron chi connectivity index (χ3n) is 9.01. The van der Waals surface area contributed by atoms with Gasteiger partial charge in [0.05, 0.1) is 57.6 Å². The Morgan fingerprint density at radius 2 is 1.31 bits per heavy atom. The maximum atomic E-state index is 16.5. The van der Waals surface area contributed by atoms with E-state index in [1.54, 1.807) is 46.7 Å². The number of hydrogen-bond acceptors (Lipinski definition) is 5. The van der Waals surface area contributed by atoms with E-state index >= 15 is 4.39 Å². The summed E-state index contributed by atoms with van der Waals surface area (Å²) in [4.78, 5) is 0. The number of aryl methyl sites for hydroxylation is 2. The van der Waals surface area contributed by atoms with Gasteiger partial charge in [0.25, 0.3) is 0 Å². The zero-order chi connectivity index (χ0) is 37.6. The van der Waals surface area contributed by atoms with Gasteiger partial charge in [0.2, 0.25) is 0 Å². The van der Waals surface area contributed by atoms with Crippen molar-refractivity contribution in [2.45, 2.75) is 78.3 Å². The third-order valence-corrected chi connectivity index (χ3v) is 9.74. The Kier molecular flexibility index (Phi) is 10.6. The van der Waals surface area contributed by atoms with Gasteiger partial charge >= 0.3 is 6.18 Å². The molecule has 3 aromatic heterocycles. The quantitative estimate of drug-likeness (QED) is 0.130. The molecule has 272 valence electrons. The summed E-state index contributed by atoms with van der Waals surface area (Å²) in [7, 11) is 0. The Balaban J connectivity index is 1.47. The van der Waals surface area contributed by atoms with Gasteiger partial charge in [-0.05, 0) is 103 Å². The van der Waals surface area contributed by atoms with Gasteiger partial charge in [0, 0.05) is 21.8 Å². The van der Waals surface area contributed by atoms with Crippen molar-refractivity contribution in [3.63, 3.8) is 0 Å². The highest BCUT2D eigenvalue weighted by atomic mass is 35.5. The predicted octanol–water partition coefficient (Wildman–Crippen LogP) is 10.6.